The van der Waals surface area contributed by atoms with Crippen molar-refractivity contribution in [1.29, 1.82) is 0 Å². The SMILES string of the molecule is CC(O)CO.COC(C)CO. The second kappa shape index (κ2) is 9.84. The van der Waals surface area contributed by atoms with Crippen LogP contribution in [-0.4, -0.2) is 47.9 Å². The van der Waals surface area contributed by atoms with Gasteiger partial charge in [0.2, 0.25) is 0 Å². The number of aliphatic hydroxyl groups is 3. The Bertz CT molecular complexity index is 61.5. The van der Waals surface area contributed by atoms with E-state index in [0.29, 0.717) is 0 Å². The zero-order chi connectivity index (χ0) is 9.28. The van der Waals surface area contributed by atoms with Crippen molar-refractivity contribution in [3.63, 3.8) is 0 Å². The van der Waals surface area contributed by atoms with Gasteiger partial charge < -0.3 is 20.1 Å². The Morgan fingerprint density at radius 2 is 1.55 bits per heavy atom. The number of hydrogen-bond acceptors (Lipinski definition) is 4. The minimum atomic E-state index is -0.560. The van der Waals surface area contributed by atoms with Crippen LogP contribution in [0.5, 0.6) is 0 Å². The lowest BCUT2D eigenvalue weighted by Crippen LogP contribution is -2.08. The second-order valence-electron chi connectivity index (χ2n) is 2.26. The number of aliphatic hydroxyl groups excluding tert-OH is 3. The van der Waals surface area contributed by atoms with Crippen LogP contribution in [-0.2, 0) is 4.74 Å². The Balaban J connectivity index is 0. The van der Waals surface area contributed by atoms with Gasteiger partial charge in [-0.1, -0.05) is 0 Å². The van der Waals surface area contributed by atoms with Crippen molar-refractivity contribution in [1.82, 2.24) is 0 Å². The van der Waals surface area contributed by atoms with E-state index in [2.05, 4.69) is 4.74 Å². The average molecular weight is 166 g/mol. The Morgan fingerprint density at radius 3 is 1.55 bits per heavy atom. The van der Waals surface area contributed by atoms with Crippen LogP contribution in [0.1, 0.15) is 13.8 Å². The zero-order valence-corrected chi connectivity index (χ0v) is 7.32. The topological polar surface area (TPSA) is 69.9 Å². The molecule has 4 heteroatoms. The molecule has 0 rings (SSSR count). The third-order valence-corrected chi connectivity index (χ3v) is 0.924. The normalized spacial score (nSPS) is 14.7. The first-order valence-corrected chi connectivity index (χ1v) is 3.51. The van der Waals surface area contributed by atoms with Crippen molar-refractivity contribution in [2.45, 2.75) is 26.1 Å². The molecule has 0 aliphatic heterocycles. The summed E-state index contributed by atoms with van der Waals surface area (Å²) in [5, 5.41) is 24.2. The maximum absolute atomic E-state index is 8.21. The van der Waals surface area contributed by atoms with Gasteiger partial charge in [0.25, 0.3) is 0 Å². The summed E-state index contributed by atoms with van der Waals surface area (Å²) in [5.74, 6) is 0. The van der Waals surface area contributed by atoms with Crippen molar-refractivity contribution in [3.8, 4) is 0 Å². The number of hydrogen-bond donors (Lipinski definition) is 3. The maximum Gasteiger partial charge on any atom is 0.0773 e. The molecule has 0 saturated heterocycles. The van der Waals surface area contributed by atoms with Gasteiger partial charge in [-0.15, -0.1) is 0 Å². The molecule has 3 N–H and O–H groups in total. The smallest absolute Gasteiger partial charge is 0.0773 e. The van der Waals surface area contributed by atoms with E-state index in [-0.39, 0.29) is 19.3 Å². The molecule has 0 aromatic heterocycles. The summed E-state index contributed by atoms with van der Waals surface area (Å²) in [6, 6.07) is 0. The first kappa shape index (κ1) is 13.4. The molecule has 2 unspecified atom stereocenters. The highest BCUT2D eigenvalue weighted by molar-refractivity contribution is 4.38. The monoisotopic (exact) mass is 166 g/mol. The molecule has 2 atom stereocenters. The van der Waals surface area contributed by atoms with E-state index in [1.54, 1.807) is 14.0 Å². The lowest BCUT2D eigenvalue weighted by Gasteiger charge is -2.00. The highest BCUT2D eigenvalue weighted by Crippen LogP contribution is 1.80. The van der Waals surface area contributed by atoms with Crippen molar-refractivity contribution in [3.05, 3.63) is 0 Å². The van der Waals surface area contributed by atoms with Crippen molar-refractivity contribution < 1.29 is 20.1 Å². The quantitative estimate of drug-likeness (QED) is 0.522. The molecule has 0 saturated carbocycles. The molecule has 70 valence electrons. The van der Waals surface area contributed by atoms with E-state index >= 15 is 0 Å². The lowest BCUT2D eigenvalue weighted by molar-refractivity contribution is 0.0623. The van der Waals surface area contributed by atoms with E-state index in [1.807, 2.05) is 0 Å². The average Bonchev–Trinajstić information content (AvgIpc) is 2.04. The largest absolute Gasteiger partial charge is 0.394 e. The van der Waals surface area contributed by atoms with Gasteiger partial charge in [0, 0.05) is 7.11 Å². The van der Waals surface area contributed by atoms with Crippen LogP contribution in [0.3, 0.4) is 0 Å². The fraction of sp³-hybridized carbons (Fsp3) is 1.00. The minimum Gasteiger partial charge on any atom is -0.394 e. The fourth-order valence-corrected chi connectivity index (χ4v) is 0.0745. The molecule has 0 amide bonds. The first-order valence-electron chi connectivity index (χ1n) is 3.51. The predicted molar refractivity (Wildman–Crippen MR) is 42.3 cm³/mol. The van der Waals surface area contributed by atoms with Crippen LogP contribution < -0.4 is 0 Å². The van der Waals surface area contributed by atoms with Gasteiger partial charge in [-0.2, -0.15) is 0 Å². The summed E-state index contributed by atoms with van der Waals surface area (Å²) in [6.07, 6.45) is -0.569. The third kappa shape index (κ3) is 17.7. The minimum absolute atomic E-state index is 0.00926. The molecule has 0 fully saturated rings. The second-order valence-corrected chi connectivity index (χ2v) is 2.26. The molecular formula is C7H18O4. The number of methoxy groups -OCH3 is 1. The zero-order valence-electron chi connectivity index (χ0n) is 7.32. The Hall–Kier alpha value is -0.160. The molecule has 11 heavy (non-hydrogen) atoms. The molecule has 0 aromatic carbocycles. The van der Waals surface area contributed by atoms with E-state index in [9.17, 15) is 0 Å². The van der Waals surface area contributed by atoms with E-state index < -0.39 is 6.10 Å². The summed E-state index contributed by atoms with van der Waals surface area (Å²) in [4.78, 5) is 0. The van der Waals surface area contributed by atoms with Crippen LogP contribution >= 0.6 is 0 Å². The van der Waals surface area contributed by atoms with Gasteiger partial charge in [-0.05, 0) is 13.8 Å². The molecule has 0 aliphatic carbocycles. The lowest BCUT2D eigenvalue weighted by atomic mass is 10.4. The van der Waals surface area contributed by atoms with Crippen molar-refractivity contribution in [2.24, 2.45) is 0 Å². The first-order chi connectivity index (χ1) is 5.08. The molecule has 0 bridgehead atoms. The predicted octanol–water partition coefficient (Wildman–Crippen LogP) is -0.627. The summed E-state index contributed by atoms with van der Waals surface area (Å²) >= 11 is 0. The highest BCUT2D eigenvalue weighted by Gasteiger charge is 1.90. The maximum atomic E-state index is 8.21. The van der Waals surface area contributed by atoms with Crippen LogP contribution in [0.2, 0.25) is 0 Å². The Morgan fingerprint density at radius 1 is 1.18 bits per heavy atom. The molecule has 0 aromatic rings. The van der Waals surface area contributed by atoms with E-state index in [0.717, 1.165) is 0 Å². The van der Waals surface area contributed by atoms with Crippen LogP contribution in [0.4, 0.5) is 0 Å². The highest BCUT2D eigenvalue weighted by atomic mass is 16.5. The van der Waals surface area contributed by atoms with E-state index in [4.69, 9.17) is 15.3 Å². The summed E-state index contributed by atoms with van der Waals surface area (Å²) in [7, 11) is 1.57. The van der Waals surface area contributed by atoms with Crippen molar-refractivity contribution in [2.75, 3.05) is 20.3 Å². The summed E-state index contributed by atoms with van der Waals surface area (Å²) in [6.45, 7) is 3.30. The number of ether oxygens (including phenoxy) is 1. The van der Waals surface area contributed by atoms with Crippen molar-refractivity contribution >= 4 is 0 Å². The number of rotatable bonds is 3. The van der Waals surface area contributed by atoms with Gasteiger partial charge in [-0.3, -0.25) is 0 Å². The molecule has 0 radical (unpaired) electrons. The molecule has 0 spiro atoms. The Labute approximate surface area is 67.4 Å². The van der Waals surface area contributed by atoms with Crippen LogP contribution in [0.25, 0.3) is 0 Å². The molecular weight excluding hydrogens is 148 g/mol. The van der Waals surface area contributed by atoms with Gasteiger partial charge >= 0.3 is 0 Å². The summed E-state index contributed by atoms with van der Waals surface area (Å²) in [5.41, 5.74) is 0. The van der Waals surface area contributed by atoms with Gasteiger partial charge in [0.1, 0.15) is 0 Å². The molecule has 4 nitrogen and oxygen atoms in total. The van der Waals surface area contributed by atoms with E-state index in [1.165, 1.54) is 6.92 Å². The van der Waals surface area contributed by atoms with Crippen LogP contribution in [0, 0.1) is 0 Å². The van der Waals surface area contributed by atoms with Gasteiger partial charge in [0.15, 0.2) is 0 Å². The summed E-state index contributed by atoms with van der Waals surface area (Å²) < 4.78 is 4.65. The Kier molecular flexibility index (Phi) is 12.0. The fourth-order valence-electron chi connectivity index (χ4n) is 0.0745. The van der Waals surface area contributed by atoms with Crippen LogP contribution in [0.15, 0.2) is 0 Å². The molecule has 0 heterocycles. The van der Waals surface area contributed by atoms with Gasteiger partial charge in [0.05, 0.1) is 25.4 Å². The standard InChI is InChI=1S/C4H10O2.C3H8O2/c1-4(3-5)6-2;1-3(5)2-4/h4-5H,3H2,1-2H3;3-5H,2H2,1H3. The molecule has 0 aliphatic rings. The van der Waals surface area contributed by atoms with Gasteiger partial charge in [-0.25, -0.2) is 0 Å². The third-order valence-electron chi connectivity index (χ3n) is 0.924.